The zero-order valence-electron chi connectivity index (χ0n) is 19.6. The van der Waals surface area contributed by atoms with Gasteiger partial charge in [-0.25, -0.2) is 9.97 Å². The van der Waals surface area contributed by atoms with E-state index >= 15 is 0 Å². The predicted molar refractivity (Wildman–Crippen MR) is 138 cm³/mol. The van der Waals surface area contributed by atoms with Crippen LogP contribution in [0.5, 0.6) is 0 Å². The average molecular weight is 459 g/mol. The van der Waals surface area contributed by atoms with Crippen molar-refractivity contribution >= 4 is 10.9 Å². The number of pyridine rings is 1. The van der Waals surface area contributed by atoms with Crippen LogP contribution >= 0.6 is 0 Å². The predicted octanol–water partition coefficient (Wildman–Crippen LogP) is 5.94. The molecule has 0 fully saturated rings. The van der Waals surface area contributed by atoms with Gasteiger partial charge in [-0.2, -0.15) is 0 Å². The number of para-hydroxylation sites is 1. The molecule has 0 spiro atoms. The fourth-order valence-corrected chi connectivity index (χ4v) is 4.87. The molecule has 6 aromatic rings. The van der Waals surface area contributed by atoms with Crippen molar-refractivity contribution in [3.05, 3.63) is 122 Å². The van der Waals surface area contributed by atoms with E-state index < -0.39 is 0 Å². The summed E-state index contributed by atoms with van der Waals surface area (Å²) in [6, 6.07) is 23.5. The van der Waals surface area contributed by atoms with Crippen molar-refractivity contribution in [2.24, 2.45) is 0 Å². The van der Waals surface area contributed by atoms with Gasteiger partial charge in [0.2, 0.25) is 0 Å². The lowest BCUT2D eigenvalue weighted by Crippen LogP contribution is -2.18. The fraction of sp³-hybridized carbons (Fsp3) is 0.138. The van der Waals surface area contributed by atoms with Crippen molar-refractivity contribution in [3.63, 3.8) is 0 Å². The van der Waals surface area contributed by atoms with Gasteiger partial charge in [0.15, 0.2) is 0 Å². The highest BCUT2D eigenvalue weighted by molar-refractivity contribution is 5.80. The molecule has 0 N–H and O–H groups in total. The number of hydrogen-bond acceptors (Lipinski definition) is 3. The lowest BCUT2D eigenvalue weighted by atomic mass is 10.1. The number of fused-ring (bicyclic) bond motifs is 1. The van der Waals surface area contributed by atoms with Crippen molar-refractivity contribution < 1.29 is 0 Å². The number of benzene rings is 2. The maximum atomic E-state index is 5.01. The van der Waals surface area contributed by atoms with E-state index in [-0.39, 0.29) is 6.04 Å². The first-order chi connectivity index (χ1) is 17.3. The van der Waals surface area contributed by atoms with E-state index in [1.165, 1.54) is 16.5 Å². The Kier molecular flexibility index (Phi) is 5.47. The highest BCUT2D eigenvalue weighted by Gasteiger charge is 2.23. The van der Waals surface area contributed by atoms with Crippen LogP contribution in [0.25, 0.3) is 27.8 Å². The second-order valence-corrected chi connectivity index (χ2v) is 8.62. The van der Waals surface area contributed by atoms with Gasteiger partial charge in [0.05, 0.1) is 24.3 Å². The van der Waals surface area contributed by atoms with E-state index in [4.69, 9.17) is 4.98 Å². The van der Waals surface area contributed by atoms with Gasteiger partial charge < -0.3 is 13.7 Å². The topological polar surface area (TPSA) is 53.5 Å². The molecule has 35 heavy (non-hydrogen) atoms. The van der Waals surface area contributed by atoms with Gasteiger partial charge in [0.1, 0.15) is 5.82 Å². The smallest absolute Gasteiger partial charge is 0.132 e. The Labute approximate surface area is 204 Å². The summed E-state index contributed by atoms with van der Waals surface area (Å²) in [5, 5.41) is 1.23. The van der Waals surface area contributed by atoms with E-state index in [1.54, 1.807) is 6.20 Å². The van der Waals surface area contributed by atoms with Crippen molar-refractivity contribution in [2.45, 2.75) is 25.9 Å². The standard InChI is InChI=1S/C29H26N6/c1-2-34-28(24-7-9-25(10-8-24)33-18-16-31-21-33)20-32-29(34)27(19-22-11-14-30-15-12-22)35-17-13-23-5-3-4-6-26(23)35/h3-18,20-21,27H,2,19H2,1H3/t27-/m0/s1. The van der Waals surface area contributed by atoms with Crippen LogP contribution in [0.3, 0.4) is 0 Å². The number of aromatic nitrogens is 6. The van der Waals surface area contributed by atoms with E-state index in [9.17, 15) is 0 Å². The SMILES string of the molecule is CCn1c(-c2ccc(-n3ccnc3)cc2)cnc1[C@H](Cc1ccncc1)n1ccc2ccccc21. The lowest BCUT2D eigenvalue weighted by molar-refractivity contribution is 0.530. The Morgan fingerprint density at radius 1 is 0.829 bits per heavy atom. The third kappa shape index (κ3) is 3.93. The monoisotopic (exact) mass is 458 g/mol. The third-order valence-corrected chi connectivity index (χ3v) is 6.61. The lowest BCUT2D eigenvalue weighted by Gasteiger charge is -2.22. The molecule has 0 aliphatic carbocycles. The summed E-state index contributed by atoms with van der Waals surface area (Å²) in [4.78, 5) is 13.4. The molecule has 0 saturated heterocycles. The van der Waals surface area contributed by atoms with Crippen LogP contribution in [0.15, 0.2) is 110 Å². The van der Waals surface area contributed by atoms with Gasteiger partial charge in [0, 0.05) is 55.2 Å². The van der Waals surface area contributed by atoms with Crippen molar-refractivity contribution in [3.8, 4) is 16.9 Å². The van der Waals surface area contributed by atoms with E-state index in [1.807, 2.05) is 35.7 Å². The number of rotatable bonds is 7. The average Bonchev–Trinajstić information content (AvgIpc) is 3.68. The quantitative estimate of drug-likeness (QED) is 0.298. The van der Waals surface area contributed by atoms with Crippen LogP contribution in [0.1, 0.15) is 24.4 Å². The van der Waals surface area contributed by atoms with Gasteiger partial charge in [-0.05, 0) is 59.8 Å². The largest absolute Gasteiger partial charge is 0.336 e. The summed E-state index contributed by atoms with van der Waals surface area (Å²) in [5.41, 5.74) is 5.80. The first-order valence-corrected chi connectivity index (χ1v) is 11.9. The molecule has 1 atom stereocenters. The summed E-state index contributed by atoms with van der Waals surface area (Å²) in [6.07, 6.45) is 14.3. The second-order valence-electron chi connectivity index (χ2n) is 8.62. The molecule has 0 saturated carbocycles. The third-order valence-electron chi connectivity index (χ3n) is 6.61. The van der Waals surface area contributed by atoms with Crippen LogP contribution < -0.4 is 0 Å². The minimum absolute atomic E-state index is 0.0521. The fourth-order valence-electron chi connectivity index (χ4n) is 4.87. The van der Waals surface area contributed by atoms with E-state index in [2.05, 4.69) is 99.0 Å². The molecule has 0 amide bonds. The molecular formula is C29H26N6. The van der Waals surface area contributed by atoms with Gasteiger partial charge in [-0.3, -0.25) is 4.98 Å². The Balaban J connectivity index is 1.44. The zero-order chi connectivity index (χ0) is 23.6. The molecule has 6 heteroatoms. The maximum Gasteiger partial charge on any atom is 0.132 e. The normalized spacial score (nSPS) is 12.3. The summed E-state index contributed by atoms with van der Waals surface area (Å²) in [5.74, 6) is 1.05. The minimum Gasteiger partial charge on any atom is -0.336 e. The molecule has 0 aliphatic rings. The second kappa shape index (κ2) is 9.06. The van der Waals surface area contributed by atoms with Crippen LogP contribution in [0.4, 0.5) is 0 Å². The molecular weight excluding hydrogens is 432 g/mol. The summed E-state index contributed by atoms with van der Waals surface area (Å²) in [6.45, 7) is 3.02. The highest BCUT2D eigenvalue weighted by atomic mass is 15.1. The molecule has 6 nitrogen and oxygen atoms in total. The Bertz CT molecular complexity index is 1540. The number of imidazole rings is 2. The molecule has 0 bridgehead atoms. The Hall–Kier alpha value is -4.45. The maximum absolute atomic E-state index is 5.01. The molecule has 4 heterocycles. The first-order valence-electron chi connectivity index (χ1n) is 11.9. The van der Waals surface area contributed by atoms with Crippen LogP contribution in [-0.4, -0.2) is 28.7 Å². The Morgan fingerprint density at radius 2 is 1.66 bits per heavy atom. The first kappa shape index (κ1) is 21.1. The molecule has 0 radical (unpaired) electrons. The van der Waals surface area contributed by atoms with Gasteiger partial charge in [-0.1, -0.05) is 30.3 Å². The molecule has 0 unspecified atom stereocenters. The van der Waals surface area contributed by atoms with Crippen molar-refractivity contribution in [2.75, 3.05) is 0 Å². The van der Waals surface area contributed by atoms with Crippen LogP contribution in [0.2, 0.25) is 0 Å². The van der Waals surface area contributed by atoms with Crippen LogP contribution in [0, 0.1) is 0 Å². The molecule has 172 valence electrons. The summed E-state index contributed by atoms with van der Waals surface area (Å²) >= 11 is 0. The molecule has 2 aromatic carbocycles. The van der Waals surface area contributed by atoms with Crippen LogP contribution in [-0.2, 0) is 13.0 Å². The van der Waals surface area contributed by atoms with Gasteiger partial charge >= 0.3 is 0 Å². The number of nitrogens with zero attached hydrogens (tertiary/aromatic N) is 6. The molecule has 0 aliphatic heterocycles. The minimum atomic E-state index is 0.0521. The molecule has 4 aromatic heterocycles. The summed E-state index contributed by atoms with van der Waals surface area (Å²) < 4.78 is 6.71. The highest BCUT2D eigenvalue weighted by Crippen LogP contribution is 2.31. The van der Waals surface area contributed by atoms with Gasteiger partial charge in [0.25, 0.3) is 0 Å². The summed E-state index contributed by atoms with van der Waals surface area (Å²) in [7, 11) is 0. The zero-order valence-corrected chi connectivity index (χ0v) is 19.6. The van der Waals surface area contributed by atoms with Crippen molar-refractivity contribution in [1.29, 1.82) is 0 Å². The Morgan fingerprint density at radius 3 is 2.43 bits per heavy atom. The van der Waals surface area contributed by atoms with Crippen molar-refractivity contribution in [1.82, 2.24) is 28.7 Å². The van der Waals surface area contributed by atoms with E-state index in [0.717, 1.165) is 35.7 Å². The van der Waals surface area contributed by atoms with Gasteiger partial charge in [-0.15, -0.1) is 0 Å². The molecule has 6 rings (SSSR count). The number of hydrogen-bond donors (Lipinski definition) is 0. The van der Waals surface area contributed by atoms with E-state index in [0.29, 0.717) is 0 Å².